The number of nitrogens with one attached hydrogen (secondary N) is 1. The van der Waals surface area contributed by atoms with Crippen LogP contribution in [0, 0.1) is 11.8 Å². The van der Waals surface area contributed by atoms with Gasteiger partial charge in [-0.15, -0.1) is 0 Å². The number of aromatic nitrogens is 4. The molecule has 1 amide bonds. The minimum Gasteiger partial charge on any atom is -0.302 e. The lowest BCUT2D eigenvalue weighted by atomic mass is 9.96. The third kappa shape index (κ3) is 5.36. The molecule has 1 saturated heterocycles. The highest BCUT2D eigenvalue weighted by molar-refractivity contribution is 5.92. The summed E-state index contributed by atoms with van der Waals surface area (Å²) in [6.07, 6.45) is 5.56. The maximum absolute atomic E-state index is 13.0. The van der Waals surface area contributed by atoms with Crippen LogP contribution in [0.1, 0.15) is 32.4 Å². The zero-order valence-corrected chi connectivity index (χ0v) is 20.6. The first kappa shape index (κ1) is 23.8. The Balaban J connectivity index is 1.33. The van der Waals surface area contributed by atoms with Gasteiger partial charge in [-0.2, -0.15) is 5.10 Å². The third-order valence-electron chi connectivity index (χ3n) is 6.98. The number of nitrogens with zero attached hydrogens (tertiary/aromatic N) is 6. The van der Waals surface area contributed by atoms with Crippen LogP contribution in [0.15, 0.2) is 30.6 Å². The molecule has 8 nitrogen and oxygen atoms in total. The Morgan fingerprint density at radius 2 is 2.09 bits per heavy atom. The minimum absolute atomic E-state index is 0.00683. The van der Waals surface area contributed by atoms with Gasteiger partial charge in [0.05, 0.1) is 29.9 Å². The Morgan fingerprint density at radius 1 is 1.20 bits per heavy atom. The lowest BCUT2D eigenvalue weighted by molar-refractivity contribution is -0.121. The van der Waals surface area contributed by atoms with Gasteiger partial charge in [0.2, 0.25) is 11.9 Å². The normalized spacial score (nSPS) is 19.3. The molecule has 0 saturated carbocycles. The quantitative estimate of drug-likeness (QED) is 0.558. The highest BCUT2D eigenvalue weighted by Gasteiger charge is 2.27. The summed E-state index contributed by atoms with van der Waals surface area (Å²) in [6, 6.07) is 6.05. The Labute approximate surface area is 205 Å². The summed E-state index contributed by atoms with van der Waals surface area (Å²) in [5, 5.41) is 8.41. The van der Waals surface area contributed by atoms with Crippen LogP contribution in [-0.2, 0) is 17.9 Å². The zero-order valence-electron chi connectivity index (χ0n) is 20.6. The number of halogens is 1. The Hall–Kier alpha value is -2.91. The van der Waals surface area contributed by atoms with Crippen molar-refractivity contribution in [1.29, 1.82) is 0 Å². The van der Waals surface area contributed by atoms with Gasteiger partial charge in [0.25, 0.3) is 0 Å². The maximum Gasteiger partial charge on any atom is 0.231 e. The second kappa shape index (κ2) is 10.4. The molecule has 0 aliphatic carbocycles. The van der Waals surface area contributed by atoms with E-state index in [1.165, 1.54) is 0 Å². The first-order valence-corrected chi connectivity index (χ1v) is 12.6. The van der Waals surface area contributed by atoms with Crippen molar-refractivity contribution in [3.63, 3.8) is 0 Å². The predicted molar refractivity (Wildman–Crippen MR) is 135 cm³/mol. The van der Waals surface area contributed by atoms with E-state index in [1.54, 1.807) is 6.20 Å². The molecular weight excluding hydrogens is 445 g/mol. The number of benzene rings is 1. The SMILES string of the molecule is CC(C)CN1CCC[C@@H](C(=O)Nc2ncc3ccc(-c4cnn5c4CN(CCF)CC5)cc3n2)C1. The molecule has 9 heteroatoms. The van der Waals surface area contributed by atoms with Gasteiger partial charge in [0.1, 0.15) is 6.67 Å². The number of hydrogen-bond acceptors (Lipinski definition) is 6. The van der Waals surface area contributed by atoms with Crippen molar-refractivity contribution in [2.75, 3.05) is 44.7 Å². The van der Waals surface area contributed by atoms with Crippen molar-refractivity contribution < 1.29 is 9.18 Å². The van der Waals surface area contributed by atoms with Crippen LogP contribution < -0.4 is 5.32 Å². The van der Waals surface area contributed by atoms with Crippen LogP contribution in [0.3, 0.4) is 0 Å². The number of fused-ring (bicyclic) bond motifs is 2. The molecule has 2 aliphatic rings. The van der Waals surface area contributed by atoms with Gasteiger partial charge in [-0.25, -0.2) is 14.4 Å². The molecule has 3 aromatic rings. The van der Waals surface area contributed by atoms with Crippen molar-refractivity contribution in [3.8, 4) is 11.1 Å². The number of amides is 1. The summed E-state index contributed by atoms with van der Waals surface area (Å²) in [4.78, 5) is 26.5. The van der Waals surface area contributed by atoms with Gasteiger partial charge >= 0.3 is 0 Å². The standard InChI is InChI=1S/C26H34FN7O/c1-18(2)15-33-8-3-4-21(16-33)25(35)31-26-28-13-20-6-5-19(12-23(20)30-26)22-14-29-34-11-10-32(9-7-27)17-24(22)34/h5-6,12-14,18,21H,3-4,7-11,15-17H2,1-2H3,(H,28,30,31,35)/t21-/m1/s1. The summed E-state index contributed by atoms with van der Waals surface area (Å²) in [7, 11) is 0. The zero-order chi connectivity index (χ0) is 24.4. The first-order valence-electron chi connectivity index (χ1n) is 12.6. The number of alkyl halides is 1. The number of carbonyl (C=O) groups is 1. The van der Waals surface area contributed by atoms with Gasteiger partial charge in [-0.1, -0.05) is 26.0 Å². The van der Waals surface area contributed by atoms with E-state index in [4.69, 9.17) is 0 Å². The first-order chi connectivity index (χ1) is 17.0. The van der Waals surface area contributed by atoms with Crippen LogP contribution >= 0.6 is 0 Å². The molecule has 5 rings (SSSR count). The van der Waals surface area contributed by atoms with Crippen LogP contribution in [-0.4, -0.2) is 74.9 Å². The van der Waals surface area contributed by atoms with E-state index in [2.05, 4.69) is 44.0 Å². The van der Waals surface area contributed by atoms with E-state index in [1.807, 2.05) is 29.1 Å². The average Bonchev–Trinajstić information content (AvgIpc) is 3.27. The van der Waals surface area contributed by atoms with Gasteiger partial charge < -0.3 is 4.90 Å². The van der Waals surface area contributed by atoms with Gasteiger partial charge in [-0.3, -0.25) is 19.7 Å². The number of carbonyl (C=O) groups excluding carboxylic acids is 1. The van der Waals surface area contributed by atoms with Crippen molar-refractivity contribution in [3.05, 3.63) is 36.3 Å². The van der Waals surface area contributed by atoms with E-state index in [9.17, 15) is 9.18 Å². The molecule has 4 heterocycles. The minimum atomic E-state index is -0.346. The van der Waals surface area contributed by atoms with E-state index in [0.29, 0.717) is 25.0 Å². The molecule has 186 valence electrons. The maximum atomic E-state index is 13.0. The summed E-state index contributed by atoms with van der Waals surface area (Å²) in [6.45, 7) is 9.62. The van der Waals surface area contributed by atoms with Crippen LogP contribution in [0.5, 0.6) is 0 Å². The molecule has 1 fully saturated rings. The van der Waals surface area contributed by atoms with Gasteiger partial charge in [0, 0.05) is 49.9 Å². The summed E-state index contributed by atoms with van der Waals surface area (Å²) in [5.41, 5.74) is 3.91. The Kier molecular flexibility index (Phi) is 7.06. The number of rotatable bonds is 7. The molecule has 1 N–H and O–H groups in total. The molecule has 2 aromatic heterocycles. The monoisotopic (exact) mass is 479 g/mol. The lowest BCUT2D eigenvalue weighted by Crippen LogP contribution is -2.42. The van der Waals surface area contributed by atoms with E-state index in [-0.39, 0.29) is 18.5 Å². The van der Waals surface area contributed by atoms with Crippen LogP contribution in [0.4, 0.5) is 10.3 Å². The molecule has 35 heavy (non-hydrogen) atoms. The van der Waals surface area contributed by atoms with E-state index in [0.717, 1.165) is 73.3 Å². The van der Waals surface area contributed by atoms with Crippen molar-refractivity contribution in [1.82, 2.24) is 29.5 Å². The lowest BCUT2D eigenvalue weighted by Gasteiger charge is -2.32. The number of piperidine rings is 1. The molecule has 0 radical (unpaired) electrons. The fraction of sp³-hybridized carbons (Fsp3) is 0.538. The van der Waals surface area contributed by atoms with E-state index >= 15 is 0 Å². The molecule has 2 aliphatic heterocycles. The Morgan fingerprint density at radius 3 is 2.91 bits per heavy atom. The molecule has 1 aromatic carbocycles. The largest absolute Gasteiger partial charge is 0.302 e. The van der Waals surface area contributed by atoms with Crippen molar-refractivity contribution >= 4 is 22.8 Å². The highest BCUT2D eigenvalue weighted by atomic mass is 19.1. The van der Waals surface area contributed by atoms with Crippen molar-refractivity contribution in [2.24, 2.45) is 11.8 Å². The second-order valence-corrected chi connectivity index (χ2v) is 10.1. The second-order valence-electron chi connectivity index (χ2n) is 10.1. The molecular formula is C26H34FN7O. The van der Waals surface area contributed by atoms with E-state index < -0.39 is 0 Å². The van der Waals surface area contributed by atoms with Crippen LogP contribution in [0.25, 0.3) is 22.0 Å². The highest BCUT2D eigenvalue weighted by Crippen LogP contribution is 2.29. The number of hydrogen-bond donors (Lipinski definition) is 1. The summed E-state index contributed by atoms with van der Waals surface area (Å²) >= 11 is 0. The van der Waals surface area contributed by atoms with Crippen molar-refractivity contribution in [2.45, 2.75) is 39.8 Å². The topological polar surface area (TPSA) is 79.2 Å². The fourth-order valence-corrected chi connectivity index (χ4v) is 5.26. The van der Waals surface area contributed by atoms with Gasteiger partial charge in [0.15, 0.2) is 0 Å². The summed E-state index contributed by atoms with van der Waals surface area (Å²) < 4.78 is 14.9. The third-order valence-corrected chi connectivity index (χ3v) is 6.98. The average molecular weight is 480 g/mol. The molecule has 0 bridgehead atoms. The van der Waals surface area contributed by atoms with Crippen LogP contribution in [0.2, 0.25) is 0 Å². The smallest absolute Gasteiger partial charge is 0.231 e. The summed E-state index contributed by atoms with van der Waals surface area (Å²) in [5.74, 6) is 0.877. The molecule has 0 unspecified atom stereocenters. The fourth-order valence-electron chi connectivity index (χ4n) is 5.26. The molecule has 1 atom stereocenters. The number of anilines is 1. The molecule has 0 spiro atoms. The van der Waals surface area contributed by atoms with Gasteiger partial charge in [-0.05, 0) is 36.9 Å². The predicted octanol–water partition coefficient (Wildman–Crippen LogP) is 3.58. The number of likely N-dealkylation sites (tertiary alicyclic amines) is 1. The Bertz CT molecular complexity index is 1190.